The van der Waals surface area contributed by atoms with Gasteiger partial charge in [-0.25, -0.2) is 0 Å². The van der Waals surface area contributed by atoms with Gasteiger partial charge in [-0.15, -0.1) is 0 Å². The lowest BCUT2D eigenvalue weighted by Crippen LogP contribution is -2.62. The Balaban J connectivity index is 1.43. The van der Waals surface area contributed by atoms with Gasteiger partial charge in [0, 0.05) is 25.1 Å². The summed E-state index contributed by atoms with van der Waals surface area (Å²) in [6, 6.07) is 14.4. The molecule has 0 spiro atoms. The Kier molecular flexibility index (Phi) is 5.20. The van der Waals surface area contributed by atoms with E-state index in [9.17, 15) is 14.4 Å². The van der Waals surface area contributed by atoms with Crippen molar-refractivity contribution in [1.29, 1.82) is 0 Å². The van der Waals surface area contributed by atoms with Crippen LogP contribution in [0, 0.1) is 0 Å². The number of nitrogens with zero attached hydrogens (tertiary/aromatic N) is 2. The Morgan fingerprint density at radius 2 is 1.87 bits per heavy atom. The zero-order valence-corrected chi connectivity index (χ0v) is 17.2. The van der Waals surface area contributed by atoms with E-state index in [1.54, 1.807) is 53.3 Å². The van der Waals surface area contributed by atoms with Crippen molar-refractivity contribution in [3.05, 3.63) is 54.1 Å². The van der Waals surface area contributed by atoms with Crippen LogP contribution >= 0.6 is 0 Å². The number of hydrogen-bond donors (Lipinski definition) is 1. The van der Waals surface area contributed by atoms with Crippen LogP contribution in [0.25, 0.3) is 0 Å². The Morgan fingerprint density at radius 3 is 2.60 bits per heavy atom. The lowest BCUT2D eigenvalue weighted by molar-refractivity contribution is -0.118. The first-order valence-corrected chi connectivity index (χ1v) is 10.1. The maximum absolute atomic E-state index is 13.2. The van der Waals surface area contributed by atoms with Crippen LogP contribution in [0.2, 0.25) is 0 Å². The third kappa shape index (κ3) is 3.40. The molecule has 0 radical (unpaired) electrons. The van der Waals surface area contributed by atoms with Crippen molar-refractivity contribution in [2.24, 2.45) is 0 Å². The van der Waals surface area contributed by atoms with Crippen molar-refractivity contribution in [1.82, 2.24) is 4.90 Å². The molecule has 4 rings (SSSR count). The average molecular weight is 407 g/mol. The van der Waals surface area contributed by atoms with E-state index >= 15 is 0 Å². The summed E-state index contributed by atoms with van der Waals surface area (Å²) in [7, 11) is 1.59. The minimum atomic E-state index is -0.686. The van der Waals surface area contributed by atoms with Crippen molar-refractivity contribution in [2.45, 2.75) is 38.3 Å². The van der Waals surface area contributed by atoms with Crippen molar-refractivity contribution in [2.75, 3.05) is 23.9 Å². The van der Waals surface area contributed by atoms with Crippen molar-refractivity contribution in [3.63, 3.8) is 0 Å². The highest BCUT2D eigenvalue weighted by molar-refractivity contribution is 6.10. The summed E-state index contributed by atoms with van der Waals surface area (Å²) < 4.78 is 5.11. The molecule has 3 amide bonds. The van der Waals surface area contributed by atoms with E-state index in [1.807, 2.05) is 19.1 Å². The topological polar surface area (TPSA) is 79.0 Å². The molecule has 7 heteroatoms. The van der Waals surface area contributed by atoms with Crippen LogP contribution in [-0.4, -0.2) is 41.9 Å². The van der Waals surface area contributed by atoms with Gasteiger partial charge in [-0.3, -0.25) is 19.3 Å². The molecule has 156 valence electrons. The third-order valence-corrected chi connectivity index (χ3v) is 5.90. The first kappa shape index (κ1) is 19.9. The number of anilines is 2. The third-order valence-electron chi connectivity index (χ3n) is 5.90. The van der Waals surface area contributed by atoms with E-state index in [0.717, 1.165) is 5.75 Å². The quantitative estimate of drug-likeness (QED) is 0.796. The normalized spacial score (nSPS) is 20.1. The first-order valence-electron chi connectivity index (χ1n) is 10.1. The lowest BCUT2D eigenvalue weighted by Gasteiger charge is -2.48. The number of ether oxygens (including phenoxy) is 1. The van der Waals surface area contributed by atoms with Crippen LogP contribution in [0.4, 0.5) is 11.4 Å². The molecule has 1 saturated heterocycles. The summed E-state index contributed by atoms with van der Waals surface area (Å²) in [6.45, 7) is 2.34. The standard InChI is InChI=1S/C23H25N3O4/c1-23-14-13-21(28)26(23)19-7-4-3-6-18(19)22(29)25(23)15-5-8-20(27)24-16-9-11-17(30-2)12-10-16/h3-4,6-7,9-12H,5,8,13-15H2,1-2H3,(H,24,27)/t23-/m0/s1. The monoisotopic (exact) mass is 407 g/mol. The van der Waals surface area contributed by atoms with Gasteiger partial charge in [0.1, 0.15) is 11.4 Å². The minimum absolute atomic E-state index is 0.0275. The number of carbonyl (C=O) groups excluding carboxylic acids is 3. The Hall–Kier alpha value is -3.35. The zero-order valence-electron chi connectivity index (χ0n) is 17.2. The number of fused-ring (bicyclic) bond motifs is 3. The summed E-state index contributed by atoms with van der Waals surface area (Å²) in [5.41, 5.74) is 1.23. The summed E-state index contributed by atoms with van der Waals surface area (Å²) in [6.07, 6.45) is 1.78. The molecule has 2 aromatic rings. The van der Waals surface area contributed by atoms with Gasteiger partial charge < -0.3 is 15.0 Å². The molecule has 2 heterocycles. The van der Waals surface area contributed by atoms with Crippen LogP contribution in [0.1, 0.15) is 43.0 Å². The number of nitrogens with one attached hydrogen (secondary N) is 1. The first-order chi connectivity index (χ1) is 14.4. The van der Waals surface area contributed by atoms with E-state index in [4.69, 9.17) is 4.74 Å². The van der Waals surface area contributed by atoms with E-state index in [2.05, 4.69) is 5.32 Å². The SMILES string of the molecule is COc1ccc(NC(=O)CCCN2C(=O)c3ccccc3N3C(=O)CC[C@@]23C)cc1. The number of amides is 3. The molecule has 0 aliphatic carbocycles. The minimum Gasteiger partial charge on any atom is -0.497 e. The Labute approximate surface area is 175 Å². The second kappa shape index (κ2) is 7.82. The fraction of sp³-hybridized carbons (Fsp3) is 0.348. The van der Waals surface area contributed by atoms with Crippen molar-refractivity contribution >= 4 is 29.1 Å². The molecule has 2 aromatic carbocycles. The number of rotatable bonds is 6. The second-order valence-corrected chi connectivity index (χ2v) is 7.80. The molecule has 7 nitrogen and oxygen atoms in total. The van der Waals surface area contributed by atoms with Gasteiger partial charge in [0.05, 0.1) is 18.4 Å². The molecule has 30 heavy (non-hydrogen) atoms. The Morgan fingerprint density at radius 1 is 1.13 bits per heavy atom. The van der Waals surface area contributed by atoms with Crippen molar-refractivity contribution in [3.8, 4) is 5.75 Å². The maximum Gasteiger partial charge on any atom is 0.257 e. The van der Waals surface area contributed by atoms with Crippen LogP contribution in [-0.2, 0) is 9.59 Å². The van der Waals surface area contributed by atoms with Gasteiger partial charge in [0.2, 0.25) is 11.8 Å². The smallest absolute Gasteiger partial charge is 0.257 e. The van der Waals surface area contributed by atoms with Gasteiger partial charge in [-0.2, -0.15) is 0 Å². The van der Waals surface area contributed by atoms with Gasteiger partial charge in [0.25, 0.3) is 5.91 Å². The average Bonchev–Trinajstić information content (AvgIpc) is 3.06. The van der Waals surface area contributed by atoms with Crippen LogP contribution in [0.3, 0.4) is 0 Å². The van der Waals surface area contributed by atoms with E-state index in [0.29, 0.717) is 42.7 Å². The van der Waals surface area contributed by atoms with Gasteiger partial charge >= 0.3 is 0 Å². The predicted octanol–water partition coefficient (Wildman–Crippen LogP) is 3.41. The Bertz CT molecular complexity index is 988. The molecule has 1 fully saturated rings. The maximum atomic E-state index is 13.2. The second-order valence-electron chi connectivity index (χ2n) is 7.80. The highest BCUT2D eigenvalue weighted by Crippen LogP contribution is 2.44. The predicted molar refractivity (Wildman–Crippen MR) is 113 cm³/mol. The number of hydrogen-bond acceptors (Lipinski definition) is 4. The lowest BCUT2D eigenvalue weighted by atomic mass is 9.98. The molecule has 0 unspecified atom stereocenters. The van der Waals surface area contributed by atoms with Crippen LogP contribution < -0.4 is 15.0 Å². The molecule has 2 aliphatic heterocycles. The summed E-state index contributed by atoms with van der Waals surface area (Å²) in [4.78, 5) is 41.6. The molecule has 0 bridgehead atoms. The van der Waals surface area contributed by atoms with Crippen LogP contribution in [0.5, 0.6) is 5.75 Å². The molecule has 0 aromatic heterocycles. The summed E-state index contributed by atoms with van der Waals surface area (Å²) in [5, 5.41) is 2.86. The molecular formula is C23H25N3O4. The molecule has 1 atom stereocenters. The largest absolute Gasteiger partial charge is 0.497 e. The zero-order chi connectivity index (χ0) is 21.3. The molecule has 0 saturated carbocycles. The summed E-state index contributed by atoms with van der Waals surface area (Å²) >= 11 is 0. The fourth-order valence-corrected chi connectivity index (χ4v) is 4.34. The van der Waals surface area contributed by atoms with Crippen LogP contribution in [0.15, 0.2) is 48.5 Å². The number of methoxy groups -OCH3 is 1. The van der Waals surface area contributed by atoms with E-state index < -0.39 is 5.66 Å². The molecule has 2 aliphatic rings. The van der Waals surface area contributed by atoms with Crippen molar-refractivity contribution < 1.29 is 19.1 Å². The number of carbonyl (C=O) groups is 3. The van der Waals surface area contributed by atoms with E-state index in [-0.39, 0.29) is 24.1 Å². The molecule has 1 N–H and O–H groups in total. The fourth-order valence-electron chi connectivity index (χ4n) is 4.34. The van der Waals surface area contributed by atoms with Gasteiger partial charge in [-0.1, -0.05) is 12.1 Å². The highest BCUT2D eigenvalue weighted by Gasteiger charge is 2.52. The summed E-state index contributed by atoms with van der Waals surface area (Å²) in [5.74, 6) is 0.546. The van der Waals surface area contributed by atoms with Gasteiger partial charge in [-0.05, 0) is 56.2 Å². The molecular weight excluding hydrogens is 382 g/mol. The number of para-hydroxylation sites is 1. The highest BCUT2D eigenvalue weighted by atomic mass is 16.5. The van der Waals surface area contributed by atoms with Gasteiger partial charge in [0.15, 0.2) is 0 Å². The number of benzene rings is 2. The van der Waals surface area contributed by atoms with E-state index in [1.165, 1.54) is 0 Å².